The largest absolute Gasteiger partial charge is 0.480 e. The van der Waals surface area contributed by atoms with E-state index in [1.807, 2.05) is 0 Å². The average Bonchev–Trinajstić information content (AvgIpc) is 2.39. The molecule has 0 aromatic rings. The number of carbonyl (C=O) groups is 2. The van der Waals surface area contributed by atoms with E-state index in [0.29, 0.717) is 13.1 Å². The molecule has 2 N–H and O–H groups in total. The first-order chi connectivity index (χ1) is 8.90. The number of nitrogens with one attached hydrogen (secondary N) is 1. The third-order valence-corrected chi connectivity index (χ3v) is 6.53. The Labute approximate surface area is 112 Å². The van der Waals surface area contributed by atoms with Crippen molar-refractivity contribution in [2.45, 2.75) is 30.4 Å². The van der Waals surface area contributed by atoms with Gasteiger partial charge in [0.05, 0.1) is 0 Å². The molecule has 0 amide bonds. The molecule has 0 unspecified atom stereocenters. The summed E-state index contributed by atoms with van der Waals surface area (Å²) < 4.78 is 24.7. The topological polar surface area (TPSA) is 104 Å². The van der Waals surface area contributed by atoms with Crippen LogP contribution in [0.4, 0.5) is 0 Å². The molecular formula is C11H18N2O5S. The van der Waals surface area contributed by atoms with E-state index < -0.39 is 20.7 Å². The van der Waals surface area contributed by atoms with Gasteiger partial charge in [-0.3, -0.25) is 9.59 Å². The quantitative estimate of drug-likeness (QED) is 0.704. The molecule has 2 rings (SSSR count). The lowest BCUT2D eigenvalue weighted by atomic mass is 9.97. The Hall–Kier alpha value is -0.990. The van der Waals surface area contributed by atoms with Gasteiger partial charge in [-0.25, -0.2) is 12.7 Å². The summed E-state index contributed by atoms with van der Waals surface area (Å²) in [4.78, 5) is 22.7. The number of carboxylic acid groups (broad SMARTS) is 1. The Morgan fingerprint density at radius 2 is 1.74 bits per heavy atom. The SMILES string of the molecule is O=C1CCN(S(=O)(=O)C2(C(=O)O)CCNCC2)CC1. The lowest BCUT2D eigenvalue weighted by Crippen LogP contribution is -2.59. The van der Waals surface area contributed by atoms with Gasteiger partial charge in [-0.05, 0) is 25.9 Å². The number of piperidine rings is 2. The average molecular weight is 290 g/mol. The van der Waals surface area contributed by atoms with Gasteiger partial charge in [-0.2, -0.15) is 0 Å². The summed E-state index contributed by atoms with van der Waals surface area (Å²) in [6, 6.07) is 0. The van der Waals surface area contributed by atoms with Crippen LogP contribution in [0.2, 0.25) is 0 Å². The molecule has 2 heterocycles. The van der Waals surface area contributed by atoms with Crippen LogP contribution in [0.3, 0.4) is 0 Å². The summed E-state index contributed by atoms with van der Waals surface area (Å²) in [7, 11) is -3.93. The summed E-state index contributed by atoms with van der Waals surface area (Å²) >= 11 is 0. The minimum atomic E-state index is -3.93. The Morgan fingerprint density at radius 1 is 1.21 bits per heavy atom. The van der Waals surface area contributed by atoms with Crippen molar-refractivity contribution in [3.05, 3.63) is 0 Å². The molecule has 0 aromatic heterocycles. The van der Waals surface area contributed by atoms with Gasteiger partial charge in [0.15, 0.2) is 4.75 Å². The lowest BCUT2D eigenvalue weighted by Gasteiger charge is -2.38. The fraction of sp³-hybridized carbons (Fsp3) is 0.818. The number of ketones is 1. The summed E-state index contributed by atoms with van der Waals surface area (Å²) in [5.74, 6) is -1.26. The van der Waals surface area contributed by atoms with E-state index in [0.717, 1.165) is 0 Å². The second kappa shape index (κ2) is 5.18. The van der Waals surface area contributed by atoms with Crippen molar-refractivity contribution in [3.63, 3.8) is 0 Å². The van der Waals surface area contributed by atoms with Crippen LogP contribution in [0.25, 0.3) is 0 Å². The van der Waals surface area contributed by atoms with Crippen molar-refractivity contribution in [1.82, 2.24) is 9.62 Å². The first-order valence-corrected chi connectivity index (χ1v) is 7.80. The number of rotatable bonds is 3. The molecule has 19 heavy (non-hydrogen) atoms. The second-order valence-electron chi connectivity index (χ2n) is 4.99. The molecule has 0 spiro atoms. The molecule has 2 saturated heterocycles. The van der Waals surface area contributed by atoms with E-state index in [4.69, 9.17) is 0 Å². The van der Waals surface area contributed by atoms with Crippen LogP contribution < -0.4 is 5.32 Å². The fourth-order valence-corrected chi connectivity index (χ4v) is 4.73. The zero-order chi connectivity index (χ0) is 14.1. The van der Waals surface area contributed by atoms with Crippen molar-refractivity contribution in [3.8, 4) is 0 Å². The molecule has 2 aliphatic heterocycles. The predicted molar refractivity (Wildman–Crippen MR) is 67.2 cm³/mol. The lowest BCUT2D eigenvalue weighted by molar-refractivity contribution is -0.141. The van der Waals surface area contributed by atoms with Crippen LogP contribution in [0.5, 0.6) is 0 Å². The summed E-state index contributed by atoms with van der Waals surface area (Å²) in [5, 5.41) is 12.4. The Balaban J connectivity index is 2.29. The van der Waals surface area contributed by atoms with Crippen molar-refractivity contribution in [1.29, 1.82) is 0 Å². The second-order valence-corrected chi connectivity index (χ2v) is 7.24. The standard InChI is InChI=1S/C11H18N2O5S/c14-9-1-7-13(8-2-9)19(17,18)11(10(15)16)3-5-12-6-4-11/h12H,1-8H2,(H,15,16). The number of Topliss-reactive ketones (excluding diaryl/α,β-unsaturated/α-hetero) is 1. The Bertz CT molecular complexity index is 471. The molecule has 108 valence electrons. The number of nitrogens with zero attached hydrogens (tertiary/aromatic N) is 1. The number of carboxylic acids is 1. The molecule has 0 atom stereocenters. The highest BCUT2D eigenvalue weighted by Crippen LogP contribution is 2.32. The van der Waals surface area contributed by atoms with Crippen LogP contribution in [-0.4, -0.2) is 60.5 Å². The Kier molecular flexibility index (Phi) is 3.93. The predicted octanol–water partition coefficient (Wildman–Crippen LogP) is -0.812. The first-order valence-electron chi connectivity index (χ1n) is 6.36. The van der Waals surface area contributed by atoms with Gasteiger partial charge in [-0.1, -0.05) is 0 Å². The molecule has 0 bridgehead atoms. The number of hydrogen-bond donors (Lipinski definition) is 2. The van der Waals surface area contributed by atoms with E-state index in [9.17, 15) is 23.1 Å². The molecule has 0 radical (unpaired) electrons. The van der Waals surface area contributed by atoms with E-state index in [1.54, 1.807) is 0 Å². The van der Waals surface area contributed by atoms with E-state index in [1.165, 1.54) is 4.31 Å². The maximum absolute atomic E-state index is 12.6. The zero-order valence-electron chi connectivity index (χ0n) is 10.6. The van der Waals surface area contributed by atoms with Gasteiger partial charge >= 0.3 is 5.97 Å². The number of carbonyl (C=O) groups excluding carboxylic acids is 1. The summed E-state index contributed by atoms with van der Waals surface area (Å²) in [6.45, 7) is 0.948. The van der Waals surface area contributed by atoms with Crippen LogP contribution in [0.1, 0.15) is 25.7 Å². The number of hydrogen-bond acceptors (Lipinski definition) is 5. The smallest absolute Gasteiger partial charge is 0.326 e. The maximum atomic E-state index is 12.6. The number of sulfonamides is 1. The maximum Gasteiger partial charge on any atom is 0.326 e. The molecule has 0 aliphatic carbocycles. The molecule has 2 fully saturated rings. The van der Waals surface area contributed by atoms with Crippen LogP contribution >= 0.6 is 0 Å². The van der Waals surface area contributed by atoms with Gasteiger partial charge in [0.2, 0.25) is 10.0 Å². The van der Waals surface area contributed by atoms with Crippen molar-refractivity contribution < 1.29 is 23.1 Å². The van der Waals surface area contributed by atoms with E-state index >= 15 is 0 Å². The minimum Gasteiger partial charge on any atom is -0.480 e. The third-order valence-electron chi connectivity index (χ3n) is 3.91. The van der Waals surface area contributed by atoms with Crippen molar-refractivity contribution >= 4 is 21.8 Å². The van der Waals surface area contributed by atoms with Gasteiger partial charge in [0.1, 0.15) is 5.78 Å². The highest BCUT2D eigenvalue weighted by Gasteiger charge is 2.54. The first kappa shape index (κ1) is 14.4. The highest BCUT2D eigenvalue weighted by molar-refractivity contribution is 7.91. The van der Waals surface area contributed by atoms with Crippen LogP contribution in [0.15, 0.2) is 0 Å². The molecular weight excluding hydrogens is 272 g/mol. The molecule has 0 aromatic carbocycles. The molecule has 2 aliphatic rings. The van der Waals surface area contributed by atoms with E-state index in [2.05, 4.69) is 5.32 Å². The summed E-state index contributed by atoms with van der Waals surface area (Å²) in [5.41, 5.74) is 0. The Morgan fingerprint density at radius 3 is 2.21 bits per heavy atom. The normalized spacial score (nSPS) is 25.2. The molecule has 0 saturated carbocycles. The molecule has 8 heteroatoms. The minimum absolute atomic E-state index is 0.0288. The van der Waals surface area contributed by atoms with Gasteiger partial charge in [0, 0.05) is 25.9 Å². The fourth-order valence-electron chi connectivity index (χ4n) is 2.64. The molecule has 7 nitrogen and oxygen atoms in total. The van der Waals surface area contributed by atoms with Gasteiger partial charge in [-0.15, -0.1) is 0 Å². The summed E-state index contributed by atoms with van der Waals surface area (Å²) in [6.07, 6.45) is 0.477. The van der Waals surface area contributed by atoms with Crippen molar-refractivity contribution in [2.24, 2.45) is 0 Å². The van der Waals surface area contributed by atoms with Gasteiger partial charge in [0.25, 0.3) is 0 Å². The zero-order valence-corrected chi connectivity index (χ0v) is 11.4. The highest BCUT2D eigenvalue weighted by atomic mass is 32.2. The van der Waals surface area contributed by atoms with Crippen molar-refractivity contribution in [2.75, 3.05) is 26.2 Å². The third kappa shape index (κ3) is 2.39. The van der Waals surface area contributed by atoms with Crippen LogP contribution in [0, 0.1) is 0 Å². The van der Waals surface area contributed by atoms with Crippen LogP contribution in [-0.2, 0) is 19.6 Å². The van der Waals surface area contributed by atoms with E-state index in [-0.39, 0.29) is 44.6 Å². The number of aliphatic carboxylic acids is 1. The monoisotopic (exact) mass is 290 g/mol. The van der Waals surface area contributed by atoms with Gasteiger partial charge < -0.3 is 10.4 Å².